The number of aryl methyl sites for hydroxylation is 2. The summed E-state index contributed by atoms with van der Waals surface area (Å²) in [6.07, 6.45) is 6.79. The third-order valence-electron chi connectivity index (χ3n) is 4.94. The van der Waals surface area contributed by atoms with E-state index < -0.39 is 11.8 Å². The van der Waals surface area contributed by atoms with E-state index in [1.807, 2.05) is 19.3 Å². The molecule has 1 aliphatic heterocycles. The van der Waals surface area contributed by atoms with Crippen LogP contribution in [0.1, 0.15) is 43.2 Å². The fourth-order valence-corrected chi connectivity index (χ4v) is 3.52. The Kier molecular flexibility index (Phi) is 6.28. The Morgan fingerprint density at radius 3 is 2.56 bits per heavy atom. The van der Waals surface area contributed by atoms with Gasteiger partial charge in [0.25, 0.3) is 0 Å². The summed E-state index contributed by atoms with van der Waals surface area (Å²) >= 11 is 0. The molecule has 0 spiro atoms. The Balaban J connectivity index is 1.64. The molecule has 3 heterocycles. The topological polar surface area (TPSA) is 92.4 Å². The SMILES string of the molecule is Cc1cc(NC(=O)C(=O)NC[C@@H](c2cccn2C)N2CCCCCC2)no1. The van der Waals surface area contributed by atoms with E-state index >= 15 is 0 Å². The van der Waals surface area contributed by atoms with Gasteiger partial charge < -0.3 is 14.4 Å². The molecule has 0 saturated carbocycles. The summed E-state index contributed by atoms with van der Waals surface area (Å²) in [6.45, 7) is 4.09. The molecule has 1 atom stereocenters. The van der Waals surface area contributed by atoms with Crippen molar-refractivity contribution >= 4 is 17.6 Å². The second kappa shape index (κ2) is 8.85. The normalized spacial score (nSPS) is 16.5. The van der Waals surface area contributed by atoms with Gasteiger partial charge in [0.05, 0.1) is 6.04 Å². The van der Waals surface area contributed by atoms with Crippen LogP contribution in [0.3, 0.4) is 0 Å². The van der Waals surface area contributed by atoms with E-state index in [2.05, 4.69) is 31.3 Å². The maximum absolute atomic E-state index is 12.3. The number of nitrogens with one attached hydrogen (secondary N) is 2. The van der Waals surface area contributed by atoms with Gasteiger partial charge in [-0.2, -0.15) is 0 Å². The number of aromatic nitrogens is 2. The van der Waals surface area contributed by atoms with E-state index in [4.69, 9.17) is 4.52 Å². The number of carbonyl (C=O) groups is 2. The molecule has 3 rings (SSSR count). The van der Waals surface area contributed by atoms with Crippen LogP contribution in [-0.2, 0) is 16.6 Å². The van der Waals surface area contributed by atoms with Crippen molar-refractivity contribution in [1.82, 2.24) is 19.9 Å². The molecule has 0 radical (unpaired) electrons. The molecule has 1 fully saturated rings. The number of likely N-dealkylation sites (tertiary alicyclic amines) is 1. The van der Waals surface area contributed by atoms with Gasteiger partial charge in [-0.3, -0.25) is 19.8 Å². The van der Waals surface area contributed by atoms with Crippen molar-refractivity contribution in [1.29, 1.82) is 0 Å². The first-order valence-corrected chi connectivity index (χ1v) is 9.42. The van der Waals surface area contributed by atoms with Crippen LogP contribution in [0.25, 0.3) is 0 Å². The first kappa shape index (κ1) is 19.2. The summed E-state index contributed by atoms with van der Waals surface area (Å²) in [6, 6.07) is 5.67. The van der Waals surface area contributed by atoms with E-state index in [1.54, 1.807) is 13.0 Å². The Morgan fingerprint density at radius 1 is 1.22 bits per heavy atom. The van der Waals surface area contributed by atoms with Gasteiger partial charge in [-0.15, -0.1) is 0 Å². The van der Waals surface area contributed by atoms with Crippen molar-refractivity contribution in [3.63, 3.8) is 0 Å². The molecule has 2 aromatic heterocycles. The highest BCUT2D eigenvalue weighted by Gasteiger charge is 2.25. The first-order valence-electron chi connectivity index (χ1n) is 9.42. The predicted molar refractivity (Wildman–Crippen MR) is 101 cm³/mol. The minimum atomic E-state index is -0.746. The van der Waals surface area contributed by atoms with Crippen LogP contribution in [0.5, 0.6) is 0 Å². The van der Waals surface area contributed by atoms with Crippen molar-refractivity contribution in [2.24, 2.45) is 7.05 Å². The highest BCUT2D eigenvalue weighted by Crippen LogP contribution is 2.24. The Labute approximate surface area is 158 Å². The lowest BCUT2D eigenvalue weighted by atomic mass is 10.1. The summed E-state index contributed by atoms with van der Waals surface area (Å²) < 4.78 is 6.96. The molecule has 146 valence electrons. The van der Waals surface area contributed by atoms with Crippen molar-refractivity contribution in [3.05, 3.63) is 35.9 Å². The van der Waals surface area contributed by atoms with Crippen molar-refractivity contribution in [2.45, 2.75) is 38.6 Å². The lowest BCUT2D eigenvalue weighted by Crippen LogP contribution is -2.43. The first-order chi connectivity index (χ1) is 13.0. The molecule has 2 aromatic rings. The molecule has 2 amide bonds. The van der Waals surface area contributed by atoms with Crippen LogP contribution in [-0.4, -0.2) is 46.1 Å². The van der Waals surface area contributed by atoms with E-state index in [0.717, 1.165) is 31.6 Å². The number of rotatable bonds is 5. The second-order valence-electron chi connectivity index (χ2n) is 7.00. The van der Waals surface area contributed by atoms with Crippen molar-refractivity contribution in [2.75, 3.05) is 25.0 Å². The molecule has 1 saturated heterocycles. The minimum Gasteiger partial charge on any atom is -0.360 e. The minimum absolute atomic E-state index is 0.0362. The maximum Gasteiger partial charge on any atom is 0.314 e. The summed E-state index contributed by atoms with van der Waals surface area (Å²) in [7, 11) is 2.00. The van der Waals surface area contributed by atoms with Gasteiger partial charge in [-0.1, -0.05) is 18.0 Å². The van der Waals surface area contributed by atoms with Crippen LogP contribution in [0.15, 0.2) is 28.9 Å². The molecule has 0 aromatic carbocycles. The fourth-order valence-electron chi connectivity index (χ4n) is 3.52. The molecule has 2 N–H and O–H groups in total. The van der Waals surface area contributed by atoms with Crippen LogP contribution in [0.4, 0.5) is 5.82 Å². The summed E-state index contributed by atoms with van der Waals surface area (Å²) in [5.41, 5.74) is 1.13. The molecular weight excluding hydrogens is 346 g/mol. The van der Waals surface area contributed by atoms with Crippen molar-refractivity contribution < 1.29 is 14.1 Å². The van der Waals surface area contributed by atoms with Gasteiger partial charge in [0.2, 0.25) is 0 Å². The van der Waals surface area contributed by atoms with Crippen LogP contribution in [0, 0.1) is 6.92 Å². The van der Waals surface area contributed by atoms with Crippen LogP contribution >= 0.6 is 0 Å². The zero-order valence-electron chi connectivity index (χ0n) is 15.9. The molecule has 8 heteroatoms. The molecular formula is C19H27N5O3. The Morgan fingerprint density at radius 2 is 1.96 bits per heavy atom. The van der Waals surface area contributed by atoms with Gasteiger partial charge in [0.15, 0.2) is 5.82 Å². The van der Waals surface area contributed by atoms with Gasteiger partial charge in [-0.05, 0) is 45.0 Å². The number of anilines is 1. The third-order valence-corrected chi connectivity index (χ3v) is 4.94. The molecule has 0 unspecified atom stereocenters. The molecule has 27 heavy (non-hydrogen) atoms. The lowest BCUT2D eigenvalue weighted by Gasteiger charge is -2.31. The lowest BCUT2D eigenvalue weighted by molar-refractivity contribution is -0.136. The van der Waals surface area contributed by atoms with Crippen molar-refractivity contribution in [3.8, 4) is 0 Å². The fraction of sp³-hybridized carbons (Fsp3) is 0.526. The number of hydrogen-bond acceptors (Lipinski definition) is 5. The number of nitrogens with zero attached hydrogens (tertiary/aromatic N) is 3. The smallest absolute Gasteiger partial charge is 0.314 e. The molecule has 1 aliphatic rings. The highest BCUT2D eigenvalue weighted by molar-refractivity contribution is 6.39. The average Bonchev–Trinajstić information content (AvgIpc) is 3.14. The Bertz CT molecular complexity index is 774. The second-order valence-corrected chi connectivity index (χ2v) is 7.00. The van der Waals surface area contributed by atoms with Gasteiger partial charge >= 0.3 is 11.8 Å². The largest absolute Gasteiger partial charge is 0.360 e. The van der Waals surface area contributed by atoms with Crippen LogP contribution < -0.4 is 10.6 Å². The maximum atomic E-state index is 12.3. The number of carbonyl (C=O) groups excluding carboxylic acids is 2. The zero-order valence-corrected chi connectivity index (χ0v) is 15.9. The zero-order chi connectivity index (χ0) is 19.2. The number of hydrogen-bond donors (Lipinski definition) is 2. The van der Waals surface area contributed by atoms with E-state index in [0.29, 0.717) is 12.3 Å². The summed E-state index contributed by atoms with van der Waals surface area (Å²) in [4.78, 5) is 26.8. The van der Waals surface area contributed by atoms with Gasteiger partial charge in [-0.25, -0.2) is 0 Å². The third kappa shape index (κ3) is 4.97. The molecule has 8 nitrogen and oxygen atoms in total. The predicted octanol–water partition coefficient (Wildman–Crippen LogP) is 1.99. The summed E-state index contributed by atoms with van der Waals surface area (Å²) in [5, 5.41) is 8.90. The van der Waals surface area contributed by atoms with Gasteiger partial charge in [0.1, 0.15) is 5.76 Å². The average molecular weight is 373 g/mol. The van der Waals surface area contributed by atoms with E-state index in [9.17, 15) is 9.59 Å². The van der Waals surface area contributed by atoms with Gasteiger partial charge in [0, 0.05) is 31.5 Å². The van der Waals surface area contributed by atoms with E-state index in [-0.39, 0.29) is 11.9 Å². The summed E-state index contributed by atoms with van der Waals surface area (Å²) in [5.74, 6) is -0.621. The van der Waals surface area contributed by atoms with E-state index in [1.165, 1.54) is 12.8 Å². The Hall–Kier alpha value is -2.61. The molecule has 0 bridgehead atoms. The number of amides is 2. The monoisotopic (exact) mass is 373 g/mol. The molecule has 0 aliphatic carbocycles. The quantitative estimate of drug-likeness (QED) is 0.782. The van der Waals surface area contributed by atoms with Crippen LogP contribution in [0.2, 0.25) is 0 Å². The standard InChI is InChI=1S/C19H27N5O3/c1-14-12-17(22-27-14)21-19(26)18(25)20-13-16(15-8-7-9-23(15)2)24-10-5-3-4-6-11-24/h7-9,12,16H,3-6,10-11,13H2,1-2H3,(H,20,25)(H,21,22,26)/t16-/m0/s1. The highest BCUT2D eigenvalue weighted by atomic mass is 16.5.